The zero-order valence-electron chi connectivity index (χ0n) is 14.4. The molecule has 2 heterocycles. The maximum absolute atomic E-state index is 12.6. The number of furan rings is 1. The van der Waals surface area contributed by atoms with Gasteiger partial charge in [-0.2, -0.15) is 0 Å². The van der Waals surface area contributed by atoms with Crippen LogP contribution < -0.4 is 10.2 Å². The van der Waals surface area contributed by atoms with Gasteiger partial charge in [0.15, 0.2) is 5.76 Å². The first-order valence-corrected chi connectivity index (χ1v) is 8.81. The summed E-state index contributed by atoms with van der Waals surface area (Å²) >= 11 is 0. The minimum absolute atomic E-state index is 0.105. The van der Waals surface area contributed by atoms with E-state index in [9.17, 15) is 4.79 Å². The first kappa shape index (κ1) is 15.8. The maximum atomic E-state index is 12.6. The molecule has 1 aliphatic rings. The van der Waals surface area contributed by atoms with Crippen molar-refractivity contribution in [2.75, 3.05) is 18.0 Å². The molecule has 1 saturated heterocycles. The van der Waals surface area contributed by atoms with Crippen molar-refractivity contribution in [2.24, 2.45) is 0 Å². The first-order chi connectivity index (χ1) is 12.2. The van der Waals surface area contributed by atoms with Gasteiger partial charge in [0.25, 0.3) is 5.91 Å². The van der Waals surface area contributed by atoms with E-state index >= 15 is 0 Å². The molecule has 128 valence electrons. The van der Waals surface area contributed by atoms with Crippen molar-refractivity contribution in [3.05, 3.63) is 65.9 Å². The zero-order valence-corrected chi connectivity index (χ0v) is 14.4. The van der Waals surface area contributed by atoms with Gasteiger partial charge in [-0.3, -0.25) is 4.79 Å². The molecule has 4 rings (SSSR count). The molecule has 0 saturated carbocycles. The lowest BCUT2D eigenvalue weighted by atomic mass is 10.0. The lowest BCUT2D eigenvalue weighted by molar-refractivity contribution is 0.0904. The highest BCUT2D eigenvalue weighted by molar-refractivity contribution is 5.99. The summed E-state index contributed by atoms with van der Waals surface area (Å²) in [4.78, 5) is 15.0. The number of hydrogen-bond acceptors (Lipinski definition) is 3. The molecular formula is C21H22N2O2. The molecule has 0 aliphatic carbocycles. The third kappa shape index (κ3) is 3.12. The number of benzene rings is 2. The Bertz CT molecular complexity index is 877. The Kier molecular flexibility index (Phi) is 4.18. The fraction of sp³-hybridized carbons (Fsp3) is 0.286. The van der Waals surface area contributed by atoms with E-state index in [1.807, 2.05) is 37.3 Å². The van der Waals surface area contributed by atoms with Crippen LogP contribution >= 0.6 is 0 Å². The van der Waals surface area contributed by atoms with Crippen LogP contribution in [-0.2, 0) is 0 Å². The van der Waals surface area contributed by atoms with E-state index in [-0.39, 0.29) is 11.9 Å². The van der Waals surface area contributed by atoms with Crippen molar-refractivity contribution >= 4 is 22.6 Å². The second-order valence-electron chi connectivity index (χ2n) is 6.62. The number of hydrogen-bond donors (Lipinski definition) is 1. The molecule has 1 fully saturated rings. The molecule has 0 radical (unpaired) electrons. The van der Waals surface area contributed by atoms with Gasteiger partial charge < -0.3 is 14.6 Å². The van der Waals surface area contributed by atoms with Crippen LogP contribution in [0.1, 0.15) is 29.0 Å². The third-order valence-corrected chi connectivity index (χ3v) is 5.00. The van der Waals surface area contributed by atoms with Crippen LogP contribution in [0.5, 0.6) is 0 Å². The van der Waals surface area contributed by atoms with Crippen LogP contribution in [0.3, 0.4) is 0 Å². The van der Waals surface area contributed by atoms with E-state index in [0.717, 1.165) is 42.5 Å². The van der Waals surface area contributed by atoms with E-state index in [1.54, 1.807) is 0 Å². The number of aryl methyl sites for hydroxylation is 1. The second-order valence-corrected chi connectivity index (χ2v) is 6.62. The molecule has 0 bridgehead atoms. The van der Waals surface area contributed by atoms with Crippen LogP contribution in [0.4, 0.5) is 5.69 Å². The van der Waals surface area contributed by atoms with Crippen molar-refractivity contribution in [1.29, 1.82) is 0 Å². The van der Waals surface area contributed by atoms with Gasteiger partial charge in [0.05, 0.1) is 0 Å². The Morgan fingerprint density at radius 2 is 1.72 bits per heavy atom. The summed E-state index contributed by atoms with van der Waals surface area (Å²) in [6.07, 6.45) is 1.89. The SMILES string of the molecule is Cc1c(C(=O)NC2CCN(c3ccccc3)CC2)oc2ccccc12. The average molecular weight is 334 g/mol. The highest BCUT2D eigenvalue weighted by Crippen LogP contribution is 2.25. The van der Waals surface area contributed by atoms with Gasteiger partial charge in [0.1, 0.15) is 5.58 Å². The summed E-state index contributed by atoms with van der Waals surface area (Å²) < 4.78 is 5.77. The summed E-state index contributed by atoms with van der Waals surface area (Å²) in [6, 6.07) is 18.4. The summed E-state index contributed by atoms with van der Waals surface area (Å²) in [5.41, 5.74) is 2.93. The van der Waals surface area contributed by atoms with Crippen molar-refractivity contribution in [3.8, 4) is 0 Å². The zero-order chi connectivity index (χ0) is 17.2. The topological polar surface area (TPSA) is 45.5 Å². The number of anilines is 1. The number of nitrogens with one attached hydrogen (secondary N) is 1. The second kappa shape index (κ2) is 6.63. The predicted octanol–water partition coefficient (Wildman–Crippen LogP) is 4.14. The smallest absolute Gasteiger partial charge is 0.287 e. The molecule has 2 aromatic carbocycles. The van der Waals surface area contributed by atoms with Crippen molar-refractivity contribution in [2.45, 2.75) is 25.8 Å². The maximum Gasteiger partial charge on any atom is 0.287 e. The number of para-hydroxylation sites is 2. The lowest BCUT2D eigenvalue weighted by Gasteiger charge is -2.33. The molecule has 4 heteroatoms. The van der Waals surface area contributed by atoms with Gasteiger partial charge in [0, 0.05) is 35.8 Å². The average Bonchev–Trinajstić information content (AvgIpc) is 3.00. The largest absolute Gasteiger partial charge is 0.451 e. The van der Waals surface area contributed by atoms with Crippen LogP contribution in [0.15, 0.2) is 59.0 Å². The van der Waals surface area contributed by atoms with Gasteiger partial charge in [-0.1, -0.05) is 36.4 Å². The number of nitrogens with zero attached hydrogens (tertiary/aromatic N) is 1. The normalized spacial score (nSPS) is 15.5. The molecule has 3 aromatic rings. The number of rotatable bonds is 3. The lowest BCUT2D eigenvalue weighted by Crippen LogP contribution is -2.44. The van der Waals surface area contributed by atoms with Crippen LogP contribution in [-0.4, -0.2) is 25.0 Å². The molecule has 4 nitrogen and oxygen atoms in total. The van der Waals surface area contributed by atoms with E-state index in [4.69, 9.17) is 4.42 Å². The quantitative estimate of drug-likeness (QED) is 0.783. The molecular weight excluding hydrogens is 312 g/mol. The molecule has 0 spiro atoms. The third-order valence-electron chi connectivity index (χ3n) is 5.00. The monoisotopic (exact) mass is 334 g/mol. The number of piperidine rings is 1. The van der Waals surface area contributed by atoms with Crippen LogP contribution in [0.2, 0.25) is 0 Å². The number of carbonyl (C=O) groups is 1. The highest BCUT2D eigenvalue weighted by Gasteiger charge is 2.24. The fourth-order valence-electron chi connectivity index (χ4n) is 3.56. The first-order valence-electron chi connectivity index (χ1n) is 8.81. The van der Waals surface area contributed by atoms with Gasteiger partial charge in [-0.05, 0) is 38.0 Å². The summed E-state index contributed by atoms with van der Waals surface area (Å²) in [6.45, 7) is 3.85. The summed E-state index contributed by atoms with van der Waals surface area (Å²) in [7, 11) is 0. The van der Waals surface area contributed by atoms with E-state index in [0.29, 0.717) is 5.76 Å². The molecule has 1 aliphatic heterocycles. The standard InChI is InChI=1S/C21H22N2O2/c1-15-18-9-5-6-10-19(18)25-20(15)21(24)22-16-11-13-23(14-12-16)17-7-3-2-4-8-17/h2-10,16H,11-14H2,1H3,(H,22,24). The highest BCUT2D eigenvalue weighted by atomic mass is 16.3. The molecule has 1 amide bonds. The Labute approximate surface area is 147 Å². The van der Waals surface area contributed by atoms with Crippen LogP contribution in [0.25, 0.3) is 11.0 Å². The Morgan fingerprint density at radius 1 is 1.04 bits per heavy atom. The van der Waals surface area contributed by atoms with Crippen molar-refractivity contribution in [3.63, 3.8) is 0 Å². The van der Waals surface area contributed by atoms with Crippen molar-refractivity contribution < 1.29 is 9.21 Å². The van der Waals surface area contributed by atoms with Gasteiger partial charge in [-0.15, -0.1) is 0 Å². The fourth-order valence-corrected chi connectivity index (χ4v) is 3.56. The van der Waals surface area contributed by atoms with Crippen molar-refractivity contribution in [1.82, 2.24) is 5.32 Å². The van der Waals surface area contributed by atoms with Gasteiger partial charge in [-0.25, -0.2) is 0 Å². The molecule has 1 N–H and O–H groups in total. The molecule has 1 aromatic heterocycles. The van der Waals surface area contributed by atoms with Crippen LogP contribution in [0, 0.1) is 6.92 Å². The van der Waals surface area contributed by atoms with E-state index in [1.165, 1.54) is 5.69 Å². The molecule has 25 heavy (non-hydrogen) atoms. The Morgan fingerprint density at radius 3 is 2.44 bits per heavy atom. The number of amides is 1. The minimum atomic E-state index is -0.105. The molecule has 0 atom stereocenters. The van der Waals surface area contributed by atoms with Gasteiger partial charge in [0.2, 0.25) is 0 Å². The summed E-state index contributed by atoms with van der Waals surface area (Å²) in [5.74, 6) is 0.332. The van der Waals surface area contributed by atoms with E-state index < -0.39 is 0 Å². The molecule has 0 unspecified atom stereocenters. The summed E-state index contributed by atoms with van der Waals surface area (Å²) in [5, 5.41) is 4.16. The number of fused-ring (bicyclic) bond motifs is 1. The number of carbonyl (C=O) groups excluding carboxylic acids is 1. The van der Waals surface area contributed by atoms with Gasteiger partial charge >= 0.3 is 0 Å². The Hall–Kier alpha value is -2.75. The minimum Gasteiger partial charge on any atom is -0.451 e. The van der Waals surface area contributed by atoms with E-state index in [2.05, 4.69) is 34.5 Å². The predicted molar refractivity (Wildman–Crippen MR) is 100 cm³/mol. The Balaban J connectivity index is 1.41.